The number of unbranched alkanes of at least 4 members (excludes halogenated alkanes) is 14. The highest BCUT2D eigenvalue weighted by molar-refractivity contribution is 5.55. The summed E-state index contributed by atoms with van der Waals surface area (Å²) < 4.78 is 0. The van der Waals surface area contributed by atoms with E-state index in [-0.39, 0.29) is 0 Å². The summed E-state index contributed by atoms with van der Waals surface area (Å²) in [6.07, 6.45) is 29.8. The van der Waals surface area contributed by atoms with Gasteiger partial charge in [-0.3, -0.25) is 0 Å². The fraction of sp³-hybridized carbons (Fsp3) is 0.697. The lowest BCUT2D eigenvalue weighted by Gasteiger charge is -2.06. The van der Waals surface area contributed by atoms with E-state index in [1.165, 1.54) is 127 Å². The summed E-state index contributed by atoms with van der Waals surface area (Å²) in [4.78, 5) is 9.31. The molecular formula is C33H54N2. The van der Waals surface area contributed by atoms with Crippen molar-refractivity contribution in [2.75, 3.05) is 0 Å². The Balaban J connectivity index is 1.56. The van der Waals surface area contributed by atoms with Gasteiger partial charge in [-0.1, -0.05) is 141 Å². The minimum atomic E-state index is 0.852. The van der Waals surface area contributed by atoms with E-state index in [9.17, 15) is 0 Å². The second-order valence-corrected chi connectivity index (χ2v) is 11.1. The molecule has 0 aliphatic carbocycles. The molecule has 35 heavy (non-hydrogen) atoms. The van der Waals surface area contributed by atoms with Crippen molar-refractivity contribution < 1.29 is 0 Å². The highest BCUT2D eigenvalue weighted by atomic mass is 14.9. The van der Waals surface area contributed by atoms with Crippen LogP contribution in [0.5, 0.6) is 0 Å². The predicted molar refractivity (Wildman–Crippen MR) is 154 cm³/mol. The summed E-state index contributed by atoms with van der Waals surface area (Å²) in [5, 5.41) is 0. The van der Waals surface area contributed by atoms with Crippen LogP contribution in [0.2, 0.25) is 0 Å². The SMILES string of the molecule is CCCCCCCCCCCc1ccc(-c2ncc(CCCCCCCCCC(C)C)cn2)cc1. The summed E-state index contributed by atoms with van der Waals surface area (Å²) in [6.45, 7) is 6.94. The Morgan fingerprint density at radius 2 is 1.00 bits per heavy atom. The highest BCUT2D eigenvalue weighted by Crippen LogP contribution is 2.18. The standard InChI is InChI=1S/C33H54N2/c1-4-5-6-7-8-9-12-15-18-21-30-23-25-32(26-24-30)33-34-27-31(28-35-33)22-19-16-13-10-11-14-17-20-29(2)3/h23-29H,4-22H2,1-3H3. The molecule has 0 unspecified atom stereocenters. The summed E-state index contributed by atoms with van der Waals surface area (Å²) in [6, 6.07) is 8.92. The van der Waals surface area contributed by atoms with E-state index in [0.29, 0.717) is 0 Å². The van der Waals surface area contributed by atoms with Crippen molar-refractivity contribution in [3.63, 3.8) is 0 Å². The van der Waals surface area contributed by atoms with Crippen molar-refractivity contribution in [1.29, 1.82) is 0 Å². The lowest BCUT2D eigenvalue weighted by atomic mass is 10.0. The molecule has 2 nitrogen and oxygen atoms in total. The van der Waals surface area contributed by atoms with Gasteiger partial charge in [-0.05, 0) is 42.7 Å². The van der Waals surface area contributed by atoms with Crippen LogP contribution < -0.4 is 0 Å². The molecule has 0 N–H and O–H groups in total. The minimum absolute atomic E-state index is 0.852. The zero-order valence-electron chi connectivity index (χ0n) is 23.4. The van der Waals surface area contributed by atoms with Crippen LogP contribution in [0, 0.1) is 5.92 Å². The van der Waals surface area contributed by atoms with E-state index in [4.69, 9.17) is 0 Å². The Morgan fingerprint density at radius 3 is 1.51 bits per heavy atom. The maximum atomic E-state index is 4.65. The molecule has 0 atom stereocenters. The topological polar surface area (TPSA) is 25.8 Å². The van der Waals surface area contributed by atoms with Crippen LogP contribution in [0.25, 0.3) is 11.4 Å². The lowest BCUT2D eigenvalue weighted by Crippen LogP contribution is -1.94. The summed E-state index contributed by atoms with van der Waals surface area (Å²) in [7, 11) is 0. The van der Waals surface area contributed by atoms with Gasteiger partial charge in [0.25, 0.3) is 0 Å². The van der Waals surface area contributed by atoms with Gasteiger partial charge < -0.3 is 0 Å². The molecule has 0 aliphatic heterocycles. The normalized spacial score (nSPS) is 11.4. The molecule has 0 saturated carbocycles. The van der Waals surface area contributed by atoms with E-state index in [2.05, 4.69) is 55.0 Å². The second-order valence-electron chi connectivity index (χ2n) is 11.1. The fourth-order valence-corrected chi connectivity index (χ4v) is 4.86. The van der Waals surface area contributed by atoms with Gasteiger partial charge in [0.2, 0.25) is 0 Å². The van der Waals surface area contributed by atoms with Crippen molar-refractivity contribution in [1.82, 2.24) is 9.97 Å². The fourth-order valence-electron chi connectivity index (χ4n) is 4.86. The number of aryl methyl sites for hydroxylation is 2. The van der Waals surface area contributed by atoms with Gasteiger partial charge in [-0.25, -0.2) is 9.97 Å². The average Bonchev–Trinajstić information content (AvgIpc) is 2.87. The van der Waals surface area contributed by atoms with Crippen LogP contribution in [0.1, 0.15) is 141 Å². The van der Waals surface area contributed by atoms with Crippen LogP contribution >= 0.6 is 0 Å². The molecule has 0 bridgehead atoms. The van der Waals surface area contributed by atoms with Crippen LogP contribution in [-0.4, -0.2) is 9.97 Å². The van der Waals surface area contributed by atoms with Gasteiger partial charge in [0, 0.05) is 18.0 Å². The first-order valence-electron chi connectivity index (χ1n) is 15.1. The molecule has 2 aromatic rings. The monoisotopic (exact) mass is 478 g/mol. The van der Waals surface area contributed by atoms with E-state index in [1.54, 1.807) is 0 Å². The van der Waals surface area contributed by atoms with Gasteiger partial charge >= 0.3 is 0 Å². The number of hydrogen-bond acceptors (Lipinski definition) is 2. The third-order valence-electron chi connectivity index (χ3n) is 7.23. The van der Waals surface area contributed by atoms with E-state index < -0.39 is 0 Å². The Kier molecular flexibility index (Phi) is 16.4. The molecule has 0 fully saturated rings. The van der Waals surface area contributed by atoms with Crippen molar-refractivity contribution in [2.45, 2.75) is 143 Å². The number of rotatable bonds is 21. The molecule has 0 aliphatic rings. The largest absolute Gasteiger partial charge is 0.236 e. The molecule has 0 radical (unpaired) electrons. The average molecular weight is 479 g/mol. The van der Waals surface area contributed by atoms with Crippen LogP contribution in [-0.2, 0) is 12.8 Å². The van der Waals surface area contributed by atoms with Gasteiger partial charge in [-0.15, -0.1) is 0 Å². The highest BCUT2D eigenvalue weighted by Gasteiger charge is 2.03. The molecule has 1 heterocycles. The molecule has 1 aromatic carbocycles. The van der Waals surface area contributed by atoms with Crippen molar-refractivity contribution in [2.24, 2.45) is 5.92 Å². The summed E-state index contributed by atoms with van der Waals surface area (Å²) >= 11 is 0. The van der Waals surface area contributed by atoms with E-state index in [0.717, 1.165) is 23.7 Å². The summed E-state index contributed by atoms with van der Waals surface area (Å²) in [5.41, 5.74) is 3.84. The molecule has 0 amide bonds. The maximum Gasteiger partial charge on any atom is 0.159 e. The molecule has 1 aromatic heterocycles. The Morgan fingerprint density at radius 1 is 0.543 bits per heavy atom. The van der Waals surface area contributed by atoms with Gasteiger partial charge in [-0.2, -0.15) is 0 Å². The number of hydrogen-bond donors (Lipinski definition) is 0. The third kappa shape index (κ3) is 14.5. The molecule has 0 spiro atoms. The molecule has 2 heteroatoms. The Bertz CT molecular complexity index is 733. The van der Waals surface area contributed by atoms with Gasteiger partial charge in [0.1, 0.15) is 0 Å². The first-order valence-corrected chi connectivity index (χ1v) is 15.1. The number of benzene rings is 1. The van der Waals surface area contributed by atoms with Crippen LogP contribution in [0.3, 0.4) is 0 Å². The smallest absolute Gasteiger partial charge is 0.159 e. The van der Waals surface area contributed by atoms with Crippen molar-refractivity contribution >= 4 is 0 Å². The first kappa shape index (κ1) is 29.5. The molecule has 2 rings (SSSR count). The van der Waals surface area contributed by atoms with E-state index >= 15 is 0 Å². The Labute approximate surface area is 217 Å². The third-order valence-corrected chi connectivity index (χ3v) is 7.23. The minimum Gasteiger partial charge on any atom is -0.236 e. The lowest BCUT2D eigenvalue weighted by molar-refractivity contribution is 0.509. The van der Waals surface area contributed by atoms with Crippen LogP contribution in [0.4, 0.5) is 0 Å². The molecule has 0 saturated heterocycles. The van der Waals surface area contributed by atoms with Gasteiger partial charge in [0.15, 0.2) is 5.82 Å². The molecule has 196 valence electrons. The van der Waals surface area contributed by atoms with Crippen LogP contribution in [0.15, 0.2) is 36.7 Å². The second kappa shape index (κ2) is 19.5. The zero-order valence-corrected chi connectivity index (χ0v) is 23.4. The maximum absolute atomic E-state index is 4.65. The van der Waals surface area contributed by atoms with Crippen molar-refractivity contribution in [3.8, 4) is 11.4 Å². The first-order chi connectivity index (χ1) is 17.2. The quantitative estimate of drug-likeness (QED) is 0.167. The van der Waals surface area contributed by atoms with E-state index in [1.807, 2.05) is 12.4 Å². The zero-order chi connectivity index (χ0) is 25.0. The van der Waals surface area contributed by atoms with Gasteiger partial charge in [0.05, 0.1) is 0 Å². The predicted octanol–water partition coefficient (Wildman–Crippen LogP) is 10.5. The number of nitrogens with zero attached hydrogens (tertiary/aromatic N) is 2. The number of aromatic nitrogens is 2. The Hall–Kier alpha value is -1.70. The van der Waals surface area contributed by atoms with Crippen molar-refractivity contribution in [3.05, 3.63) is 47.8 Å². The summed E-state index contributed by atoms with van der Waals surface area (Å²) in [5.74, 6) is 1.71. The molecular weight excluding hydrogens is 424 g/mol.